The zero-order valence-electron chi connectivity index (χ0n) is 11.9. The minimum atomic E-state index is -0.436. The minimum Gasteiger partial charge on any atom is -0.444 e. The standard InChI is InChI=1S/C13H26N2O3/c1-5-14-11(6-7-16)10-8-15(9-10)12(17)18-13(2,3)4/h10-11,14,16H,5-9H2,1-4H3/t11-/m0/s1. The number of nitrogens with one attached hydrogen (secondary N) is 1. The fraction of sp³-hybridized carbons (Fsp3) is 0.923. The van der Waals surface area contributed by atoms with Gasteiger partial charge in [0.2, 0.25) is 0 Å². The Bertz CT molecular complexity index is 264. The van der Waals surface area contributed by atoms with Crippen LogP contribution in [0, 0.1) is 5.92 Å². The highest BCUT2D eigenvalue weighted by Gasteiger charge is 2.37. The van der Waals surface area contributed by atoms with Gasteiger partial charge in [-0.15, -0.1) is 0 Å². The van der Waals surface area contributed by atoms with Gasteiger partial charge in [0.1, 0.15) is 5.60 Å². The molecule has 0 aromatic carbocycles. The Labute approximate surface area is 109 Å². The number of rotatable bonds is 5. The SMILES string of the molecule is CCN[C@@H](CCO)C1CN(C(=O)OC(C)(C)C)C1. The molecule has 0 radical (unpaired) electrons. The van der Waals surface area contributed by atoms with E-state index in [2.05, 4.69) is 12.2 Å². The van der Waals surface area contributed by atoms with Gasteiger partial charge in [0, 0.05) is 31.7 Å². The topological polar surface area (TPSA) is 61.8 Å². The predicted molar refractivity (Wildman–Crippen MR) is 70.5 cm³/mol. The molecule has 0 saturated carbocycles. The van der Waals surface area contributed by atoms with Crippen molar-refractivity contribution in [3.05, 3.63) is 0 Å². The van der Waals surface area contributed by atoms with Crippen molar-refractivity contribution in [3.63, 3.8) is 0 Å². The van der Waals surface area contributed by atoms with Crippen molar-refractivity contribution in [1.29, 1.82) is 0 Å². The maximum absolute atomic E-state index is 11.8. The summed E-state index contributed by atoms with van der Waals surface area (Å²) in [4.78, 5) is 13.5. The number of hydrogen-bond donors (Lipinski definition) is 2. The molecule has 0 bridgehead atoms. The molecule has 1 amide bonds. The van der Waals surface area contributed by atoms with Crippen LogP contribution >= 0.6 is 0 Å². The van der Waals surface area contributed by atoms with E-state index in [1.807, 2.05) is 20.8 Å². The average molecular weight is 258 g/mol. The zero-order valence-corrected chi connectivity index (χ0v) is 11.9. The molecule has 1 aliphatic heterocycles. The lowest BCUT2D eigenvalue weighted by Gasteiger charge is -2.43. The summed E-state index contributed by atoms with van der Waals surface area (Å²) in [6.45, 7) is 10.2. The molecule has 1 heterocycles. The van der Waals surface area contributed by atoms with Gasteiger partial charge in [-0.3, -0.25) is 0 Å². The smallest absolute Gasteiger partial charge is 0.410 e. The van der Waals surface area contributed by atoms with Gasteiger partial charge < -0.3 is 20.1 Å². The normalized spacial score (nSPS) is 18.4. The first kappa shape index (κ1) is 15.2. The molecule has 1 rings (SSSR count). The number of carbonyl (C=O) groups excluding carboxylic acids is 1. The van der Waals surface area contributed by atoms with Gasteiger partial charge in [0.15, 0.2) is 0 Å². The number of likely N-dealkylation sites (tertiary alicyclic amines) is 1. The molecule has 1 saturated heterocycles. The van der Waals surface area contributed by atoms with Crippen molar-refractivity contribution in [2.24, 2.45) is 5.92 Å². The Hall–Kier alpha value is -0.810. The highest BCUT2D eigenvalue weighted by molar-refractivity contribution is 5.69. The first-order valence-corrected chi connectivity index (χ1v) is 6.69. The number of carbonyl (C=O) groups is 1. The molecule has 0 unspecified atom stereocenters. The van der Waals surface area contributed by atoms with Crippen LogP contribution in [-0.2, 0) is 4.74 Å². The summed E-state index contributed by atoms with van der Waals surface area (Å²) in [7, 11) is 0. The maximum Gasteiger partial charge on any atom is 0.410 e. The molecule has 18 heavy (non-hydrogen) atoms. The second kappa shape index (κ2) is 6.38. The first-order chi connectivity index (χ1) is 8.37. The van der Waals surface area contributed by atoms with Crippen LogP contribution in [0.3, 0.4) is 0 Å². The number of aliphatic hydroxyl groups excluding tert-OH is 1. The Morgan fingerprint density at radius 2 is 2.11 bits per heavy atom. The van der Waals surface area contributed by atoms with Gasteiger partial charge >= 0.3 is 6.09 Å². The quantitative estimate of drug-likeness (QED) is 0.778. The third-order valence-electron chi connectivity index (χ3n) is 3.04. The largest absolute Gasteiger partial charge is 0.444 e. The highest BCUT2D eigenvalue weighted by Crippen LogP contribution is 2.23. The van der Waals surface area contributed by atoms with Gasteiger partial charge in [0.05, 0.1) is 0 Å². The summed E-state index contributed by atoms with van der Waals surface area (Å²) in [5.74, 6) is 0.421. The van der Waals surface area contributed by atoms with E-state index >= 15 is 0 Å². The molecule has 1 fully saturated rings. The van der Waals surface area contributed by atoms with Crippen LogP contribution in [0.15, 0.2) is 0 Å². The maximum atomic E-state index is 11.8. The molecule has 0 aliphatic carbocycles. The van der Waals surface area contributed by atoms with Crippen LogP contribution in [0.4, 0.5) is 4.79 Å². The Balaban J connectivity index is 2.35. The van der Waals surface area contributed by atoms with Gasteiger partial charge in [0.25, 0.3) is 0 Å². The summed E-state index contributed by atoms with van der Waals surface area (Å²) in [5, 5.41) is 12.4. The van der Waals surface area contributed by atoms with E-state index in [1.165, 1.54) is 0 Å². The van der Waals surface area contributed by atoms with Crippen LogP contribution in [0.1, 0.15) is 34.1 Å². The molecular weight excluding hydrogens is 232 g/mol. The predicted octanol–water partition coefficient (Wildman–Crippen LogP) is 1.21. The fourth-order valence-electron chi connectivity index (χ4n) is 2.15. The van der Waals surface area contributed by atoms with Crippen LogP contribution in [-0.4, -0.2) is 54.0 Å². The second-order valence-corrected chi connectivity index (χ2v) is 5.82. The van der Waals surface area contributed by atoms with Crippen molar-refractivity contribution in [2.45, 2.75) is 45.8 Å². The van der Waals surface area contributed by atoms with Crippen molar-refractivity contribution in [1.82, 2.24) is 10.2 Å². The van der Waals surface area contributed by atoms with E-state index in [-0.39, 0.29) is 12.7 Å². The fourth-order valence-corrected chi connectivity index (χ4v) is 2.15. The molecule has 0 aromatic rings. The molecular formula is C13H26N2O3. The first-order valence-electron chi connectivity index (χ1n) is 6.69. The Morgan fingerprint density at radius 3 is 2.56 bits per heavy atom. The number of hydrogen-bond acceptors (Lipinski definition) is 4. The minimum absolute atomic E-state index is 0.181. The molecule has 106 valence electrons. The van der Waals surface area contributed by atoms with E-state index < -0.39 is 5.60 Å². The molecule has 0 aromatic heterocycles. The summed E-state index contributed by atoms with van der Waals surface area (Å²) in [6, 6.07) is 0.290. The van der Waals surface area contributed by atoms with Crippen molar-refractivity contribution in [3.8, 4) is 0 Å². The third-order valence-corrected chi connectivity index (χ3v) is 3.04. The van der Waals surface area contributed by atoms with E-state index in [0.717, 1.165) is 13.0 Å². The molecule has 2 N–H and O–H groups in total. The van der Waals surface area contributed by atoms with Crippen molar-refractivity contribution in [2.75, 3.05) is 26.2 Å². The molecule has 5 heteroatoms. The lowest BCUT2D eigenvalue weighted by molar-refractivity contribution is -0.00804. The van der Waals surface area contributed by atoms with Crippen molar-refractivity contribution < 1.29 is 14.6 Å². The second-order valence-electron chi connectivity index (χ2n) is 5.82. The van der Waals surface area contributed by atoms with Gasteiger partial charge in [-0.05, 0) is 33.7 Å². The molecule has 1 atom stereocenters. The van der Waals surface area contributed by atoms with Gasteiger partial charge in [-0.25, -0.2) is 4.79 Å². The summed E-state index contributed by atoms with van der Waals surface area (Å²) >= 11 is 0. The van der Waals surface area contributed by atoms with E-state index in [9.17, 15) is 4.79 Å². The molecule has 0 spiro atoms. The summed E-state index contributed by atoms with van der Waals surface area (Å²) < 4.78 is 5.31. The van der Waals surface area contributed by atoms with Crippen LogP contribution < -0.4 is 5.32 Å². The monoisotopic (exact) mass is 258 g/mol. The van der Waals surface area contributed by atoms with Crippen LogP contribution in [0.25, 0.3) is 0 Å². The molecule has 5 nitrogen and oxygen atoms in total. The summed E-state index contributed by atoms with van der Waals surface area (Å²) in [6.07, 6.45) is 0.499. The van der Waals surface area contributed by atoms with Gasteiger partial charge in [-0.2, -0.15) is 0 Å². The van der Waals surface area contributed by atoms with E-state index in [4.69, 9.17) is 9.84 Å². The lowest BCUT2D eigenvalue weighted by Crippen LogP contribution is -2.58. The van der Waals surface area contributed by atoms with Crippen LogP contribution in [0.2, 0.25) is 0 Å². The number of amides is 1. The Morgan fingerprint density at radius 1 is 1.50 bits per heavy atom. The zero-order chi connectivity index (χ0) is 13.8. The lowest BCUT2D eigenvalue weighted by atomic mass is 9.90. The number of ether oxygens (including phenoxy) is 1. The average Bonchev–Trinajstić information content (AvgIpc) is 2.12. The number of aliphatic hydroxyl groups is 1. The third kappa shape index (κ3) is 4.46. The highest BCUT2D eigenvalue weighted by atomic mass is 16.6. The molecule has 1 aliphatic rings. The van der Waals surface area contributed by atoms with Crippen molar-refractivity contribution >= 4 is 6.09 Å². The van der Waals surface area contributed by atoms with Crippen LogP contribution in [0.5, 0.6) is 0 Å². The van der Waals surface area contributed by atoms with E-state index in [1.54, 1.807) is 4.90 Å². The van der Waals surface area contributed by atoms with E-state index in [0.29, 0.717) is 25.0 Å². The number of nitrogens with zero attached hydrogens (tertiary/aromatic N) is 1. The summed E-state index contributed by atoms with van der Waals surface area (Å²) in [5.41, 5.74) is -0.436. The van der Waals surface area contributed by atoms with Gasteiger partial charge in [-0.1, -0.05) is 6.92 Å². The Kier molecular flexibility index (Phi) is 5.41.